The van der Waals surface area contributed by atoms with Crippen LogP contribution in [-0.2, 0) is 4.79 Å². The molecular formula is C13H21N3OS. The maximum atomic E-state index is 12.2. The summed E-state index contributed by atoms with van der Waals surface area (Å²) in [6, 6.07) is 0. The lowest BCUT2D eigenvalue weighted by Gasteiger charge is -2.40. The lowest BCUT2D eigenvalue weighted by molar-refractivity contribution is -0.140. The molecule has 0 unspecified atom stereocenters. The average Bonchev–Trinajstić information content (AvgIpc) is 2.72. The topological polar surface area (TPSA) is 36.7 Å². The van der Waals surface area contributed by atoms with Crippen molar-refractivity contribution < 1.29 is 4.79 Å². The van der Waals surface area contributed by atoms with E-state index in [0.717, 1.165) is 31.7 Å². The van der Waals surface area contributed by atoms with E-state index in [0.29, 0.717) is 0 Å². The Kier molecular flexibility index (Phi) is 3.61. The SMILES string of the molecule is [C-]#[N+][C@@H]1CSC2(CCN(C(=O)C(C)(C)C)CC2)N1. The summed E-state index contributed by atoms with van der Waals surface area (Å²) in [5.41, 5.74) is -0.292. The van der Waals surface area contributed by atoms with Crippen LogP contribution in [0.1, 0.15) is 33.6 Å². The normalized spacial score (nSPS) is 27.2. The van der Waals surface area contributed by atoms with Crippen molar-refractivity contribution in [1.29, 1.82) is 0 Å². The lowest BCUT2D eigenvalue weighted by Crippen LogP contribution is -2.53. The summed E-state index contributed by atoms with van der Waals surface area (Å²) in [5, 5.41) is 3.43. The van der Waals surface area contributed by atoms with E-state index in [1.807, 2.05) is 37.4 Å². The molecule has 1 spiro atoms. The molecule has 2 heterocycles. The number of hydrogen-bond donors (Lipinski definition) is 1. The molecule has 2 saturated heterocycles. The van der Waals surface area contributed by atoms with Crippen LogP contribution in [0.3, 0.4) is 0 Å². The van der Waals surface area contributed by atoms with Gasteiger partial charge < -0.3 is 4.90 Å². The molecule has 5 heteroatoms. The number of carbonyl (C=O) groups is 1. The van der Waals surface area contributed by atoms with Gasteiger partial charge >= 0.3 is 0 Å². The summed E-state index contributed by atoms with van der Waals surface area (Å²) in [4.78, 5) is 17.8. The highest BCUT2D eigenvalue weighted by Gasteiger charge is 2.45. The maximum Gasteiger partial charge on any atom is 0.287 e. The highest BCUT2D eigenvalue weighted by atomic mass is 32.2. The second-order valence-electron chi connectivity index (χ2n) is 6.14. The number of hydrogen-bond acceptors (Lipinski definition) is 3. The number of nitrogens with one attached hydrogen (secondary N) is 1. The summed E-state index contributed by atoms with van der Waals surface area (Å²) < 4.78 is 0. The van der Waals surface area contributed by atoms with Crippen molar-refractivity contribution in [2.24, 2.45) is 5.41 Å². The molecule has 2 aliphatic rings. The molecule has 2 fully saturated rings. The molecule has 2 aliphatic heterocycles. The number of piperidine rings is 1. The number of likely N-dealkylation sites (tertiary alicyclic amines) is 1. The van der Waals surface area contributed by atoms with Gasteiger partial charge in [-0.1, -0.05) is 20.8 Å². The van der Waals surface area contributed by atoms with Crippen LogP contribution < -0.4 is 5.32 Å². The largest absolute Gasteiger partial charge is 0.342 e. The Morgan fingerprint density at radius 1 is 1.44 bits per heavy atom. The van der Waals surface area contributed by atoms with Crippen LogP contribution in [-0.4, -0.2) is 40.7 Å². The van der Waals surface area contributed by atoms with Gasteiger partial charge in [0.2, 0.25) is 5.91 Å². The molecule has 0 bridgehead atoms. The van der Waals surface area contributed by atoms with Gasteiger partial charge in [-0.15, -0.1) is 11.8 Å². The maximum absolute atomic E-state index is 12.2. The summed E-state index contributed by atoms with van der Waals surface area (Å²) >= 11 is 1.86. The molecule has 1 atom stereocenters. The second kappa shape index (κ2) is 4.75. The molecule has 100 valence electrons. The number of thioether (sulfide) groups is 1. The molecule has 0 aromatic heterocycles. The van der Waals surface area contributed by atoms with Crippen molar-refractivity contribution in [2.75, 3.05) is 18.8 Å². The molecule has 18 heavy (non-hydrogen) atoms. The molecule has 2 rings (SSSR count). The van der Waals surface area contributed by atoms with Gasteiger partial charge in [-0.2, -0.15) is 0 Å². The Labute approximate surface area is 113 Å². The smallest absolute Gasteiger partial charge is 0.287 e. The van der Waals surface area contributed by atoms with Crippen LogP contribution in [0.15, 0.2) is 0 Å². The van der Waals surface area contributed by atoms with Crippen molar-refractivity contribution in [3.8, 4) is 0 Å². The zero-order valence-corrected chi connectivity index (χ0v) is 12.1. The zero-order valence-electron chi connectivity index (χ0n) is 11.3. The van der Waals surface area contributed by atoms with E-state index in [9.17, 15) is 4.79 Å². The fourth-order valence-electron chi connectivity index (χ4n) is 2.53. The first kappa shape index (κ1) is 13.7. The van der Waals surface area contributed by atoms with Gasteiger partial charge in [0.25, 0.3) is 6.17 Å². The minimum atomic E-state index is -0.292. The lowest BCUT2D eigenvalue weighted by atomic mass is 9.93. The summed E-state index contributed by atoms with van der Waals surface area (Å²) in [5.74, 6) is 1.11. The predicted molar refractivity (Wildman–Crippen MR) is 74.0 cm³/mol. The third kappa shape index (κ3) is 2.65. The Bertz CT molecular complexity index is 375. The molecule has 0 aliphatic carbocycles. The Morgan fingerprint density at radius 3 is 2.50 bits per heavy atom. The van der Waals surface area contributed by atoms with E-state index in [1.54, 1.807) is 0 Å². The molecule has 4 nitrogen and oxygen atoms in total. The molecule has 0 radical (unpaired) electrons. The van der Waals surface area contributed by atoms with E-state index in [2.05, 4.69) is 10.2 Å². The van der Waals surface area contributed by atoms with Gasteiger partial charge in [0.15, 0.2) is 0 Å². The fraction of sp³-hybridized carbons (Fsp3) is 0.846. The Balaban J connectivity index is 1.93. The van der Waals surface area contributed by atoms with E-state index < -0.39 is 0 Å². The van der Waals surface area contributed by atoms with Crippen LogP contribution in [0.2, 0.25) is 0 Å². The van der Waals surface area contributed by atoms with Crippen LogP contribution in [0.25, 0.3) is 4.85 Å². The molecule has 1 amide bonds. The summed E-state index contributed by atoms with van der Waals surface area (Å²) in [6.45, 7) is 14.6. The standard InChI is InChI=1S/C13H21N3OS/c1-12(2,3)11(17)16-7-5-13(6-8-16)15-10(14-4)9-18-13/h10,15H,5-9H2,1-3H3/t10-/m0/s1. The first-order valence-corrected chi connectivity index (χ1v) is 7.42. The van der Waals surface area contributed by atoms with Gasteiger partial charge in [0.05, 0.1) is 10.6 Å². The Hall–Kier alpha value is -0.730. The summed E-state index contributed by atoms with van der Waals surface area (Å²) in [7, 11) is 0. The molecule has 1 N–H and O–H groups in total. The molecule has 0 saturated carbocycles. The third-order valence-electron chi connectivity index (χ3n) is 3.60. The van der Waals surface area contributed by atoms with Crippen LogP contribution in [0, 0.1) is 12.0 Å². The summed E-state index contributed by atoms with van der Waals surface area (Å²) in [6.07, 6.45) is 1.86. The van der Waals surface area contributed by atoms with Crippen LogP contribution in [0.4, 0.5) is 0 Å². The number of amides is 1. The monoisotopic (exact) mass is 267 g/mol. The van der Waals surface area contributed by atoms with Crippen molar-refractivity contribution >= 4 is 17.7 Å². The molecule has 0 aromatic rings. The zero-order chi connectivity index (χ0) is 13.4. The highest BCUT2D eigenvalue weighted by molar-refractivity contribution is 8.00. The van der Waals surface area contributed by atoms with E-state index in [-0.39, 0.29) is 22.4 Å². The minimum absolute atomic E-state index is 0.0418. The van der Waals surface area contributed by atoms with Crippen LogP contribution in [0.5, 0.6) is 0 Å². The van der Waals surface area contributed by atoms with E-state index in [4.69, 9.17) is 6.57 Å². The minimum Gasteiger partial charge on any atom is -0.342 e. The average molecular weight is 267 g/mol. The van der Waals surface area contributed by atoms with E-state index >= 15 is 0 Å². The first-order valence-electron chi connectivity index (χ1n) is 6.44. The number of nitrogens with zero attached hydrogens (tertiary/aromatic N) is 2. The highest BCUT2D eigenvalue weighted by Crippen LogP contribution is 2.39. The molecule has 0 aromatic carbocycles. The molecular weight excluding hydrogens is 246 g/mol. The van der Waals surface area contributed by atoms with Gasteiger partial charge in [0.1, 0.15) is 0 Å². The quantitative estimate of drug-likeness (QED) is 0.681. The van der Waals surface area contributed by atoms with Crippen molar-refractivity contribution in [1.82, 2.24) is 10.2 Å². The van der Waals surface area contributed by atoms with Crippen molar-refractivity contribution in [3.05, 3.63) is 11.4 Å². The Morgan fingerprint density at radius 2 is 2.06 bits per heavy atom. The van der Waals surface area contributed by atoms with Gasteiger partial charge in [-0.05, 0) is 12.8 Å². The second-order valence-corrected chi connectivity index (χ2v) is 7.54. The van der Waals surface area contributed by atoms with E-state index in [1.165, 1.54) is 0 Å². The van der Waals surface area contributed by atoms with Gasteiger partial charge in [0, 0.05) is 18.5 Å². The van der Waals surface area contributed by atoms with Gasteiger partial charge in [-0.25, -0.2) is 11.9 Å². The predicted octanol–water partition coefficient (Wildman–Crippen LogP) is 1.93. The van der Waals surface area contributed by atoms with Gasteiger partial charge in [-0.3, -0.25) is 9.64 Å². The van der Waals surface area contributed by atoms with Crippen LogP contribution >= 0.6 is 11.8 Å². The fourth-order valence-corrected chi connectivity index (χ4v) is 3.85. The number of carbonyl (C=O) groups excluding carboxylic acids is 1. The first-order chi connectivity index (χ1) is 8.36. The number of rotatable bonds is 0. The van der Waals surface area contributed by atoms with Crippen molar-refractivity contribution in [3.63, 3.8) is 0 Å². The third-order valence-corrected chi connectivity index (χ3v) is 5.16. The van der Waals surface area contributed by atoms with Crippen molar-refractivity contribution in [2.45, 2.75) is 44.6 Å².